The highest BCUT2D eigenvalue weighted by atomic mass is 35.5. The second-order valence-corrected chi connectivity index (χ2v) is 7.65. The van der Waals surface area contributed by atoms with Gasteiger partial charge >= 0.3 is 10.2 Å². The Labute approximate surface area is 134 Å². The highest BCUT2D eigenvalue weighted by molar-refractivity contribution is 7.88. The first kappa shape index (κ1) is 16.5. The maximum absolute atomic E-state index is 12.2. The van der Waals surface area contributed by atoms with E-state index in [2.05, 4.69) is 4.72 Å². The molecule has 21 heavy (non-hydrogen) atoms. The monoisotopic (exact) mass is 350 g/mol. The van der Waals surface area contributed by atoms with Crippen molar-refractivity contribution in [2.45, 2.75) is 26.3 Å². The topological polar surface area (TPSA) is 66.5 Å². The molecule has 0 spiro atoms. The maximum atomic E-state index is 12.2. The normalized spacial score (nSPS) is 21.3. The number of hydrogen-bond acceptors (Lipinski definition) is 3. The van der Waals surface area contributed by atoms with E-state index in [-0.39, 0.29) is 18.9 Å². The molecule has 1 amide bonds. The molecule has 0 aliphatic carbocycles. The van der Waals surface area contributed by atoms with Crippen molar-refractivity contribution in [3.05, 3.63) is 33.8 Å². The largest absolute Gasteiger partial charge is 0.304 e. The van der Waals surface area contributed by atoms with Gasteiger partial charge in [0.25, 0.3) is 5.91 Å². The number of hydrogen-bond donors (Lipinski definition) is 1. The van der Waals surface area contributed by atoms with Crippen LogP contribution in [-0.4, -0.2) is 31.2 Å². The quantitative estimate of drug-likeness (QED) is 0.905. The van der Waals surface area contributed by atoms with Gasteiger partial charge in [0, 0.05) is 16.6 Å². The van der Waals surface area contributed by atoms with E-state index in [0.717, 1.165) is 4.31 Å². The van der Waals surface area contributed by atoms with Gasteiger partial charge in [0.2, 0.25) is 0 Å². The lowest BCUT2D eigenvalue weighted by Gasteiger charge is -2.15. The van der Waals surface area contributed by atoms with Crippen LogP contribution < -0.4 is 4.72 Å². The fraction of sp³-hybridized carbons (Fsp3) is 0.462. The fourth-order valence-corrected chi connectivity index (χ4v) is 4.27. The Balaban J connectivity index is 2.18. The Kier molecular flexibility index (Phi) is 4.82. The first-order valence-corrected chi connectivity index (χ1v) is 8.70. The van der Waals surface area contributed by atoms with Crippen LogP contribution in [0.2, 0.25) is 10.0 Å². The third kappa shape index (κ3) is 3.34. The zero-order valence-corrected chi connectivity index (χ0v) is 14.0. The molecule has 116 valence electrons. The van der Waals surface area contributed by atoms with Gasteiger partial charge in [0.1, 0.15) is 6.04 Å². The summed E-state index contributed by atoms with van der Waals surface area (Å²) in [6.45, 7) is 3.60. The van der Waals surface area contributed by atoms with Crippen molar-refractivity contribution in [2.75, 3.05) is 6.54 Å². The Bertz CT molecular complexity index is 641. The van der Waals surface area contributed by atoms with Crippen LogP contribution in [0.25, 0.3) is 0 Å². The van der Waals surface area contributed by atoms with Crippen LogP contribution >= 0.6 is 23.2 Å². The molecule has 1 saturated heterocycles. The maximum Gasteiger partial charge on any atom is 0.304 e. The summed E-state index contributed by atoms with van der Waals surface area (Å²) >= 11 is 12.1. The molecule has 1 heterocycles. The minimum Gasteiger partial charge on any atom is -0.272 e. The lowest BCUT2D eigenvalue weighted by molar-refractivity contribution is -0.127. The summed E-state index contributed by atoms with van der Waals surface area (Å²) in [4.78, 5) is 12.2. The molecule has 0 saturated carbocycles. The van der Waals surface area contributed by atoms with Crippen molar-refractivity contribution < 1.29 is 13.2 Å². The lowest BCUT2D eigenvalue weighted by atomic mass is 10.0. The molecule has 5 nitrogen and oxygen atoms in total. The van der Waals surface area contributed by atoms with Gasteiger partial charge in [-0.1, -0.05) is 43.1 Å². The lowest BCUT2D eigenvalue weighted by Crippen LogP contribution is -2.35. The smallest absolute Gasteiger partial charge is 0.272 e. The Morgan fingerprint density at radius 2 is 1.86 bits per heavy atom. The summed E-state index contributed by atoms with van der Waals surface area (Å²) < 4.78 is 27.2. The first-order valence-electron chi connectivity index (χ1n) is 6.50. The van der Waals surface area contributed by atoms with Crippen LogP contribution in [0.1, 0.15) is 19.4 Å². The van der Waals surface area contributed by atoms with Crippen molar-refractivity contribution in [1.29, 1.82) is 0 Å². The van der Waals surface area contributed by atoms with Gasteiger partial charge in [-0.2, -0.15) is 13.1 Å². The number of halogens is 2. The predicted molar refractivity (Wildman–Crippen MR) is 82.6 cm³/mol. The van der Waals surface area contributed by atoms with Crippen molar-refractivity contribution in [2.24, 2.45) is 5.92 Å². The van der Waals surface area contributed by atoms with E-state index < -0.39 is 22.2 Å². The Morgan fingerprint density at radius 1 is 1.29 bits per heavy atom. The first-order chi connectivity index (χ1) is 9.74. The Hall–Kier alpha value is -0.820. The average molecular weight is 351 g/mol. The summed E-state index contributed by atoms with van der Waals surface area (Å²) in [5.41, 5.74) is 0.636. The highest BCUT2D eigenvalue weighted by Gasteiger charge is 2.43. The molecule has 1 aromatic rings. The van der Waals surface area contributed by atoms with E-state index >= 15 is 0 Å². The van der Waals surface area contributed by atoms with Crippen molar-refractivity contribution in [3.8, 4) is 0 Å². The standard InChI is InChI=1S/C13H16Cl2N2O3S/c1-8(2)12-13(18)17(21(19,20)16-12)7-6-9-10(14)4-3-5-11(9)15/h3-5,8,12,16H,6-7H2,1-2H3/t12-/m0/s1. The van der Waals surface area contributed by atoms with Gasteiger partial charge in [-0.05, 0) is 30.0 Å². The van der Waals surface area contributed by atoms with Crippen LogP contribution in [0, 0.1) is 5.92 Å². The molecule has 1 aliphatic rings. The van der Waals surface area contributed by atoms with Crippen LogP contribution in [0.5, 0.6) is 0 Å². The SMILES string of the molecule is CC(C)[C@@H]1NS(=O)(=O)N(CCc2c(Cl)cccc2Cl)C1=O. The van der Waals surface area contributed by atoms with Crippen molar-refractivity contribution >= 4 is 39.3 Å². The van der Waals surface area contributed by atoms with Gasteiger partial charge in [-0.3, -0.25) is 4.79 Å². The van der Waals surface area contributed by atoms with Crippen LogP contribution in [0.3, 0.4) is 0 Å². The molecule has 0 bridgehead atoms. The minimum absolute atomic E-state index is 0.0147. The van der Waals surface area contributed by atoms with Gasteiger partial charge in [-0.15, -0.1) is 0 Å². The molecular weight excluding hydrogens is 335 g/mol. The fourth-order valence-electron chi connectivity index (χ4n) is 2.18. The van der Waals surface area contributed by atoms with Crippen LogP contribution in [0.4, 0.5) is 0 Å². The number of carbonyl (C=O) groups excluding carboxylic acids is 1. The molecule has 2 rings (SSSR count). The molecule has 0 unspecified atom stereocenters. The summed E-state index contributed by atoms with van der Waals surface area (Å²) in [5.74, 6) is -0.547. The van der Waals surface area contributed by atoms with Gasteiger partial charge < -0.3 is 0 Å². The summed E-state index contributed by atoms with van der Waals surface area (Å²) in [5, 5.41) is 0.917. The van der Waals surface area contributed by atoms with Crippen molar-refractivity contribution in [3.63, 3.8) is 0 Å². The third-order valence-corrected chi connectivity index (χ3v) is 5.57. The van der Waals surface area contributed by atoms with Gasteiger partial charge in [0.05, 0.1) is 0 Å². The number of rotatable bonds is 4. The molecule has 1 aliphatic heterocycles. The minimum atomic E-state index is -3.78. The van der Waals surface area contributed by atoms with E-state index in [1.54, 1.807) is 32.0 Å². The summed E-state index contributed by atoms with van der Waals surface area (Å²) in [6, 6.07) is 4.36. The van der Waals surface area contributed by atoms with Crippen molar-refractivity contribution in [1.82, 2.24) is 9.03 Å². The molecule has 0 radical (unpaired) electrons. The zero-order valence-electron chi connectivity index (χ0n) is 11.6. The van der Waals surface area contributed by atoms with Gasteiger partial charge in [-0.25, -0.2) is 4.31 Å². The van der Waals surface area contributed by atoms with Gasteiger partial charge in [0.15, 0.2) is 0 Å². The predicted octanol–water partition coefficient (Wildman–Crippen LogP) is 2.24. The average Bonchev–Trinajstić information content (AvgIpc) is 2.60. The van der Waals surface area contributed by atoms with Crippen LogP contribution in [0.15, 0.2) is 18.2 Å². The molecule has 8 heteroatoms. The molecule has 1 aromatic carbocycles. The Morgan fingerprint density at radius 3 is 2.33 bits per heavy atom. The van der Waals surface area contributed by atoms with E-state index in [4.69, 9.17) is 23.2 Å². The van der Waals surface area contributed by atoms with E-state index in [9.17, 15) is 13.2 Å². The second kappa shape index (κ2) is 6.12. The molecule has 1 atom stereocenters. The molecule has 1 fully saturated rings. The molecule has 0 aromatic heterocycles. The zero-order chi connectivity index (χ0) is 15.8. The highest BCUT2D eigenvalue weighted by Crippen LogP contribution is 2.26. The van der Waals surface area contributed by atoms with E-state index in [0.29, 0.717) is 15.6 Å². The second-order valence-electron chi connectivity index (χ2n) is 5.21. The van der Waals surface area contributed by atoms with Crippen LogP contribution in [-0.2, 0) is 21.4 Å². The summed E-state index contributed by atoms with van der Waals surface area (Å²) in [7, 11) is -3.78. The number of nitrogens with zero attached hydrogens (tertiary/aromatic N) is 1. The molecular formula is C13H16Cl2N2O3S. The number of carbonyl (C=O) groups is 1. The number of nitrogens with one attached hydrogen (secondary N) is 1. The number of amides is 1. The number of benzene rings is 1. The van der Waals surface area contributed by atoms with E-state index in [1.807, 2.05) is 0 Å². The van der Waals surface area contributed by atoms with E-state index in [1.165, 1.54) is 0 Å². The molecule has 1 N–H and O–H groups in total. The summed E-state index contributed by atoms with van der Waals surface area (Å²) in [6.07, 6.45) is 0.274. The third-order valence-electron chi connectivity index (χ3n) is 3.37.